The molecule has 0 amide bonds. The lowest BCUT2D eigenvalue weighted by atomic mass is 9.47. The summed E-state index contributed by atoms with van der Waals surface area (Å²) >= 11 is 0. The molecule has 0 spiro atoms. The van der Waals surface area contributed by atoms with E-state index in [0.717, 1.165) is 37.0 Å². The summed E-state index contributed by atoms with van der Waals surface area (Å²) in [6.07, 6.45) is 10.3. The van der Waals surface area contributed by atoms with E-state index in [0.29, 0.717) is 17.8 Å². The van der Waals surface area contributed by atoms with Gasteiger partial charge in [-0.15, -0.1) is 0 Å². The molecule has 4 unspecified atom stereocenters. The number of aliphatic hydroxyl groups excluding tert-OH is 1. The lowest BCUT2D eigenvalue weighted by Gasteiger charge is -2.58. The highest BCUT2D eigenvalue weighted by Crippen LogP contribution is 2.66. The summed E-state index contributed by atoms with van der Waals surface area (Å²) in [5.74, 6) is 2.76. The molecule has 8 atom stereocenters. The second-order valence-corrected chi connectivity index (χ2v) is 9.57. The van der Waals surface area contributed by atoms with E-state index in [1.807, 2.05) is 6.92 Å². The predicted octanol–water partition coefficient (Wildman–Crippen LogP) is 5.28. The second kappa shape index (κ2) is 5.31. The minimum absolute atomic E-state index is 0.172. The standard InChI is InChI=1S/C21H33FO/c1-13(23)17-6-7-18-16-5-4-14-12-15(22)8-10-20(14,2)19(16)9-11-21(17,18)3/h4,13,15-19,23H,5-12H2,1-3H3/t13?,15-,16?,17+,18?,19?,20-,21+/m0/s1. The van der Waals surface area contributed by atoms with Crippen LogP contribution in [0.1, 0.15) is 72.1 Å². The first-order chi connectivity index (χ1) is 10.9. The number of fused-ring (bicyclic) bond motifs is 5. The van der Waals surface area contributed by atoms with Gasteiger partial charge >= 0.3 is 0 Å². The topological polar surface area (TPSA) is 20.2 Å². The predicted molar refractivity (Wildman–Crippen MR) is 91.8 cm³/mol. The molecule has 4 aliphatic carbocycles. The van der Waals surface area contributed by atoms with Crippen LogP contribution in [-0.2, 0) is 0 Å². The Morgan fingerprint density at radius 1 is 1.13 bits per heavy atom. The maximum Gasteiger partial charge on any atom is 0.104 e. The van der Waals surface area contributed by atoms with Crippen molar-refractivity contribution in [2.75, 3.05) is 0 Å². The van der Waals surface area contributed by atoms with Crippen molar-refractivity contribution in [2.45, 2.75) is 84.4 Å². The summed E-state index contributed by atoms with van der Waals surface area (Å²) in [4.78, 5) is 0. The molecule has 0 saturated heterocycles. The first-order valence-corrected chi connectivity index (χ1v) is 9.88. The highest BCUT2D eigenvalue weighted by molar-refractivity contribution is 5.25. The molecule has 1 N–H and O–H groups in total. The van der Waals surface area contributed by atoms with E-state index in [2.05, 4.69) is 19.9 Å². The highest BCUT2D eigenvalue weighted by atomic mass is 19.1. The molecule has 1 nitrogen and oxygen atoms in total. The fourth-order valence-corrected chi connectivity index (χ4v) is 7.45. The molecule has 3 saturated carbocycles. The molecule has 130 valence electrons. The maximum atomic E-state index is 13.9. The van der Waals surface area contributed by atoms with Crippen LogP contribution >= 0.6 is 0 Å². The Morgan fingerprint density at radius 2 is 1.91 bits per heavy atom. The molecule has 4 rings (SSSR count). The SMILES string of the molecule is CC(O)[C@H]1CCC2C3CC=C4C[C@@H](F)CC[C@]4(C)C3CC[C@@]21C. The van der Waals surface area contributed by atoms with Crippen LogP contribution < -0.4 is 0 Å². The number of hydrogen-bond donors (Lipinski definition) is 1. The van der Waals surface area contributed by atoms with Gasteiger partial charge in [-0.25, -0.2) is 4.39 Å². The molecular weight excluding hydrogens is 287 g/mol. The van der Waals surface area contributed by atoms with E-state index in [9.17, 15) is 9.50 Å². The van der Waals surface area contributed by atoms with Crippen molar-refractivity contribution in [3.63, 3.8) is 0 Å². The number of aliphatic hydroxyl groups is 1. The number of allylic oxidation sites excluding steroid dienone is 2. The normalized spacial score (nSPS) is 53.8. The second-order valence-electron chi connectivity index (χ2n) is 9.57. The van der Waals surface area contributed by atoms with Gasteiger partial charge in [0.1, 0.15) is 6.17 Å². The summed E-state index contributed by atoms with van der Waals surface area (Å²) in [7, 11) is 0. The van der Waals surface area contributed by atoms with Crippen LogP contribution in [0.5, 0.6) is 0 Å². The van der Waals surface area contributed by atoms with Gasteiger partial charge < -0.3 is 5.11 Å². The fraction of sp³-hybridized carbons (Fsp3) is 0.905. The van der Waals surface area contributed by atoms with Crippen molar-refractivity contribution in [1.82, 2.24) is 0 Å². The molecule has 0 aromatic carbocycles. The lowest BCUT2D eigenvalue weighted by Crippen LogP contribution is -2.51. The van der Waals surface area contributed by atoms with E-state index < -0.39 is 6.17 Å². The van der Waals surface area contributed by atoms with Crippen LogP contribution in [-0.4, -0.2) is 17.4 Å². The number of halogens is 1. The molecule has 2 heteroatoms. The molecule has 0 aliphatic heterocycles. The van der Waals surface area contributed by atoms with Gasteiger partial charge in [-0.1, -0.05) is 25.5 Å². The van der Waals surface area contributed by atoms with E-state index in [4.69, 9.17) is 0 Å². The van der Waals surface area contributed by atoms with E-state index in [-0.39, 0.29) is 11.5 Å². The van der Waals surface area contributed by atoms with Gasteiger partial charge in [0, 0.05) is 6.42 Å². The summed E-state index contributed by atoms with van der Waals surface area (Å²) < 4.78 is 13.9. The molecule has 0 aromatic rings. The zero-order chi connectivity index (χ0) is 16.4. The van der Waals surface area contributed by atoms with Crippen LogP contribution in [0.4, 0.5) is 4.39 Å². The highest BCUT2D eigenvalue weighted by Gasteiger charge is 2.59. The van der Waals surface area contributed by atoms with Crippen molar-refractivity contribution < 1.29 is 9.50 Å². The molecule has 0 aromatic heterocycles. The molecule has 4 aliphatic rings. The number of rotatable bonds is 1. The van der Waals surface area contributed by atoms with Gasteiger partial charge in [0.2, 0.25) is 0 Å². The van der Waals surface area contributed by atoms with Gasteiger partial charge in [-0.3, -0.25) is 0 Å². The van der Waals surface area contributed by atoms with Crippen LogP contribution in [0, 0.1) is 34.5 Å². The summed E-state index contributed by atoms with van der Waals surface area (Å²) in [6.45, 7) is 6.89. The van der Waals surface area contributed by atoms with Gasteiger partial charge in [-0.05, 0) is 86.4 Å². The van der Waals surface area contributed by atoms with Gasteiger partial charge in [0.25, 0.3) is 0 Å². The van der Waals surface area contributed by atoms with Crippen LogP contribution in [0.25, 0.3) is 0 Å². The van der Waals surface area contributed by atoms with Crippen LogP contribution in [0.2, 0.25) is 0 Å². The Balaban J connectivity index is 1.65. The molecule has 0 bridgehead atoms. The maximum absolute atomic E-state index is 13.9. The first kappa shape index (κ1) is 16.1. The minimum Gasteiger partial charge on any atom is -0.393 e. The van der Waals surface area contributed by atoms with Gasteiger partial charge in [0.05, 0.1) is 6.10 Å². The van der Waals surface area contributed by atoms with E-state index in [1.54, 1.807) is 0 Å². The third-order valence-corrected chi connectivity index (χ3v) is 8.70. The van der Waals surface area contributed by atoms with Gasteiger partial charge in [0.15, 0.2) is 0 Å². The molecular formula is C21H33FO. The Hall–Kier alpha value is -0.370. The summed E-state index contributed by atoms with van der Waals surface area (Å²) in [5.41, 5.74) is 2.02. The zero-order valence-electron chi connectivity index (χ0n) is 15.0. The Kier molecular flexibility index (Phi) is 3.72. The number of hydrogen-bond acceptors (Lipinski definition) is 1. The average molecular weight is 320 g/mol. The van der Waals surface area contributed by atoms with Crippen molar-refractivity contribution >= 4 is 0 Å². The zero-order valence-corrected chi connectivity index (χ0v) is 15.0. The lowest BCUT2D eigenvalue weighted by molar-refractivity contribution is -0.0648. The quantitative estimate of drug-likeness (QED) is 0.651. The minimum atomic E-state index is -0.606. The molecule has 0 heterocycles. The largest absolute Gasteiger partial charge is 0.393 e. The van der Waals surface area contributed by atoms with Crippen LogP contribution in [0.15, 0.2) is 11.6 Å². The van der Waals surface area contributed by atoms with Crippen molar-refractivity contribution in [3.05, 3.63) is 11.6 Å². The van der Waals surface area contributed by atoms with E-state index in [1.165, 1.54) is 31.3 Å². The first-order valence-electron chi connectivity index (χ1n) is 9.88. The van der Waals surface area contributed by atoms with Crippen molar-refractivity contribution in [2.24, 2.45) is 34.5 Å². The molecule has 23 heavy (non-hydrogen) atoms. The Morgan fingerprint density at radius 3 is 2.65 bits per heavy atom. The Bertz CT molecular complexity index is 512. The molecule has 0 radical (unpaired) electrons. The fourth-order valence-electron chi connectivity index (χ4n) is 7.45. The molecule has 3 fully saturated rings. The van der Waals surface area contributed by atoms with Crippen LogP contribution in [0.3, 0.4) is 0 Å². The third kappa shape index (κ3) is 2.19. The monoisotopic (exact) mass is 320 g/mol. The van der Waals surface area contributed by atoms with Gasteiger partial charge in [-0.2, -0.15) is 0 Å². The van der Waals surface area contributed by atoms with Crippen molar-refractivity contribution in [1.29, 1.82) is 0 Å². The smallest absolute Gasteiger partial charge is 0.104 e. The average Bonchev–Trinajstić information content (AvgIpc) is 2.85. The van der Waals surface area contributed by atoms with E-state index >= 15 is 0 Å². The Labute approximate surface area is 140 Å². The summed E-state index contributed by atoms with van der Waals surface area (Å²) in [6, 6.07) is 0. The summed E-state index contributed by atoms with van der Waals surface area (Å²) in [5, 5.41) is 10.3. The number of alkyl halides is 1. The third-order valence-electron chi connectivity index (χ3n) is 8.70. The van der Waals surface area contributed by atoms with Crippen molar-refractivity contribution in [3.8, 4) is 0 Å².